The van der Waals surface area contributed by atoms with Gasteiger partial charge in [-0.1, -0.05) is 5.16 Å². The van der Waals surface area contributed by atoms with Crippen LogP contribution in [0.1, 0.15) is 30.9 Å². The van der Waals surface area contributed by atoms with Gasteiger partial charge >= 0.3 is 6.09 Å². The van der Waals surface area contributed by atoms with Crippen molar-refractivity contribution in [2.45, 2.75) is 32.8 Å². The van der Waals surface area contributed by atoms with E-state index in [4.69, 9.17) is 19.4 Å². The van der Waals surface area contributed by atoms with E-state index in [0.717, 1.165) is 35.4 Å². The molecule has 1 amide bonds. The molecular formula is C18H26N2O5. The highest BCUT2D eigenvalue weighted by Gasteiger charge is 2.22. The summed E-state index contributed by atoms with van der Waals surface area (Å²) >= 11 is 0. The van der Waals surface area contributed by atoms with Crippen LogP contribution in [0.3, 0.4) is 0 Å². The van der Waals surface area contributed by atoms with Gasteiger partial charge in [0.25, 0.3) is 0 Å². The molecule has 1 aromatic carbocycles. The molecule has 1 aromatic rings. The molecule has 0 aliphatic carbocycles. The minimum absolute atomic E-state index is 0.0912. The fourth-order valence-electron chi connectivity index (χ4n) is 2.76. The minimum Gasteiger partial charge on any atom is -0.496 e. The highest BCUT2D eigenvalue weighted by Crippen LogP contribution is 2.19. The number of rotatable bonds is 7. The highest BCUT2D eigenvalue weighted by molar-refractivity contribution is 5.98. The van der Waals surface area contributed by atoms with Crippen LogP contribution in [-0.2, 0) is 9.57 Å². The number of benzene rings is 1. The number of nitrogens with zero attached hydrogens (tertiary/aromatic N) is 2. The molecule has 0 bridgehead atoms. The monoisotopic (exact) mass is 350 g/mol. The Morgan fingerprint density at radius 2 is 2.04 bits per heavy atom. The Kier molecular flexibility index (Phi) is 7.06. The average Bonchev–Trinajstić information content (AvgIpc) is 2.61. The van der Waals surface area contributed by atoms with Gasteiger partial charge in [-0.15, -0.1) is 0 Å². The fourth-order valence-corrected chi connectivity index (χ4v) is 2.76. The fraction of sp³-hybridized carbons (Fsp3) is 0.556. The Bertz CT molecular complexity index is 609. The minimum atomic E-state index is -0.861. The number of likely N-dealkylation sites (tertiary alicyclic amines) is 1. The SMILES string of the molecule is COc1ccc(C(C)=NOCCOC2CCN(C(=O)O)CC2)cc1C. The Morgan fingerprint density at radius 3 is 2.64 bits per heavy atom. The molecule has 0 aromatic heterocycles. The lowest BCUT2D eigenvalue weighted by molar-refractivity contribution is -0.0192. The number of aryl methyl sites for hydroxylation is 1. The first-order chi connectivity index (χ1) is 12.0. The van der Waals surface area contributed by atoms with E-state index in [2.05, 4.69) is 5.16 Å². The van der Waals surface area contributed by atoms with Gasteiger partial charge in [0, 0.05) is 13.1 Å². The lowest BCUT2D eigenvalue weighted by Crippen LogP contribution is -2.40. The van der Waals surface area contributed by atoms with Crippen molar-refractivity contribution in [3.8, 4) is 5.75 Å². The van der Waals surface area contributed by atoms with E-state index >= 15 is 0 Å². The van der Waals surface area contributed by atoms with E-state index < -0.39 is 6.09 Å². The summed E-state index contributed by atoms with van der Waals surface area (Å²) in [5, 5.41) is 13.0. The topological polar surface area (TPSA) is 80.6 Å². The van der Waals surface area contributed by atoms with Crippen LogP contribution in [0.2, 0.25) is 0 Å². The summed E-state index contributed by atoms with van der Waals surface area (Å²) in [4.78, 5) is 17.6. The maximum absolute atomic E-state index is 10.8. The van der Waals surface area contributed by atoms with Crippen LogP contribution in [0, 0.1) is 6.92 Å². The number of amides is 1. The van der Waals surface area contributed by atoms with Gasteiger partial charge in [0.05, 0.1) is 25.5 Å². The van der Waals surface area contributed by atoms with E-state index in [-0.39, 0.29) is 6.10 Å². The second kappa shape index (κ2) is 9.27. The van der Waals surface area contributed by atoms with E-state index in [1.807, 2.05) is 32.0 Å². The summed E-state index contributed by atoms with van der Waals surface area (Å²) in [6, 6.07) is 5.87. The predicted octanol–water partition coefficient (Wildman–Crippen LogP) is 2.90. The standard InChI is InChI=1S/C18H26N2O5/c1-13-12-15(4-5-17(13)23-3)14(2)19-25-11-10-24-16-6-8-20(9-7-16)18(21)22/h4-5,12,16H,6-11H2,1-3H3,(H,21,22). The quantitative estimate of drug-likeness (QED) is 0.465. The molecule has 7 heteroatoms. The smallest absolute Gasteiger partial charge is 0.407 e. The zero-order valence-corrected chi connectivity index (χ0v) is 15.0. The molecule has 0 radical (unpaired) electrons. The molecule has 1 saturated heterocycles. The molecule has 7 nitrogen and oxygen atoms in total. The van der Waals surface area contributed by atoms with E-state index in [1.54, 1.807) is 7.11 Å². The van der Waals surface area contributed by atoms with Crippen LogP contribution in [0.5, 0.6) is 5.75 Å². The average molecular weight is 350 g/mol. The van der Waals surface area contributed by atoms with Gasteiger partial charge in [-0.25, -0.2) is 4.79 Å². The number of carbonyl (C=O) groups is 1. The van der Waals surface area contributed by atoms with Gasteiger partial charge in [0.15, 0.2) is 0 Å². The van der Waals surface area contributed by atoms with Crippen molar-refractivity contribution < 1.29 is 24.2 Å². The Balaban J connectivity index is 1.69. The second-order valence-electron chi connectivity index (χ2n) is 6.03. The summed E-state index contributed by atoms with van der Waals surface area (Å²) in [7, 11) is 1.65. The summed E-state index contributed by atoms with van der Waals surface area (Å²) in [5.74, 6) is 0.847. The van der Waals surface area contributed by atoms with Crippen molar-refractivity contribution in [1.29, 1.82) is 0 Å². The van der Waals surface area contributed by atoms with Gasteiger partial charge in [-0.2, -0.15) is 0 Å². The summed E-state index contributed by atoms with van der Waals surface area (Å²) in [6.45, 7) is 5.73. The Morgan fingerprint density at radius 1 is 1.32 bits per heavy atom. The lowest BCUT2D eigenvalue weighted by atomic mass is 10.1. The maximum Gasteiger partial charge on any atom is 0.407 e. The van der Waals surface area contributed by atoms with Crippen molar-refractivity contribution in [3.63, 3.8) is 0 Å². The van der Waals surface area contributed by atoms with E-state index in [0.29, 0.717) is 26.3 Å². The molecule has 0 atom stereocenters. The molecule has 0 unspecified atom stereocenters. The molecule has 0 saturated carbocycles. The van der Waals surface area contributed by atoms with Gasteiger partial charge in [0.1, 0.15) is 12.4 Å². The third kappa shape index (κ3) is 5.63. The number of piperidine rings is 1. The van der Waals surface area contributed by atoms with Crippen molar-refractivity contribution >= 4 is 11.8 Å². The lowest BCUT2D eigenvalue weighted by Gasteiger charge is -2.29. The summed E-state index contributed by atoms with van der Waals surface area (Å²) < 4.78 is 11.0. The molecule has 1 heterocycles. The molecule has 138 valence electrons. The third-order valence-corrected chi connectivity index (χ3v) is 4.25. The van der Waals surface area contributed by atoms with Crippen LogP contribution in [0.4, 0.5) is 4.79 Å². The first-order valence-electron chi connectivity index (χ1n) is 8.42. The number of oxime groups is 1. The van der Waals surface area contributed by atoms with Crippen LogP contribution in [0.25, 0.3) is 0 Å². The molecular weight excluding hydrogens is 324 g/mol. The number of hydrogen-bond acceptors (Lipinski definition) is 5. The van der Waals surface area contributed by atoms with Crippen molar-refractivity contribution in [2.75, 3.05) is 33.4 Å². The zero-order valence-electron chi connectivity index (χ0n) is 15.0. The van der Waals surface area contributed by atoms with Crippen molar-refractivity contribution in [3.05, 3.63) is 29.3 Å². The zero-order chi connectivity index (χ0) is 18.2. The second-order valence-corrected chi connectivity index (χ2v) is 6.03. The molecule has 1 fully saturated rings. The summed E-state index contributed by atoms with van der Waals surface area (Å²) in [5.41, 5.74) is 2.83. The molecule has 1 N–H and O–H groups in total. The predicted molar refractivity (Wildman–Crippen MR) is 94.5 cm³/mol. The number of methoxy groups -OCH3 is 1. The van der Waals surface area contributed by atoms with Gasteiger partial charge in [-0.3, -0.25) is 0 Å². The number of hydrogen-bond donors (Lipinski definition) is 1. The van der Waals surface area contributed by atoms with Gasteiger partial charge in [-0.05, 0) is 56.0 Å². The molecule has 0 spiro atoms. The normalized spacial score (nSPS) is 16.0. The van der Waals surface area contributed by atoms with Gasteiger partial charge < -0.3 is 24.3 Å². The summed E-state index contributed by atoms with van der Waals surface area (Å²) in [6.07, 6.45) is 0.674. The molecule has 1 aliphatic heterocycles. The third-order valence-electron chi connectivity index (χ3n) is 4.25. The van der Waals surface area contributed by atoms with Gasteiger partial charge in [0.2, 0.25) is 0 Å². The van der Waals surface area contributed by atoms with Crippen molar-refractivity contribution in [1.82, 2.24) is 4.90 Å². The number of carboxylic acid groups (broad SMARTS) is 1. The van der Waals surface area contributed by atoms with Crippen LogP contribution < -0.4 is 4.74 Å². The van der Waals surface area contributed by atoms with Crippen molar-refractivity contribution in [2.24, 2.45) is 5.16 Å². The van der Waals surface area contributed by atoms with Crippen LogP contribution >= 0.6 is 0 Å². The largest absolute Gasteiger partial charge is 0.496 e. The molecule has 25 heavy (non-hydrogen) atoms. The first kappa shape index (κ1) is 19.1. The van der Waals surface area contributed by atoms with Crippen LogP contribution in [0.15, 0.2) is 23.4 Å². The molecule has 2 rings (SSSR count). The number of ether oxygens (including phenoxy) is 2. The Labute approximate surface area is 148 Å². The van der Waals surface area contributed by atoms with E-state index in [9.17, 15) is 4.79 Å². The van der Waals surface area contributed by atoms with E-state index in [1.165, 1.54) is 4.90 Å². The maximum atomic E-state index is 10.8. The Hall–Kier alpha value is -2.28. The highest BCUT2D eigenvalue weighted by atomic mass is 16.6. The van der Waals surface area contributed by atoms with Crippen LogP contribution in [-0.4, -0.2) is 61.3 Å². The first-order valence-corrected chi connectivity index (χ1v) is 8.42. The molecule has 1 aliphatic rings.